The van der Waals surface area contributed by atoms with Gasteiger partial charge in [-0.05, 0) is 19.2 Å². The molecule has 15 heavy (non-hydrogen) atoms. The molecule has 0 heterocycles. The van der Waals surface area contributed by atoms with Crippen molar-refractivity contribution < 1.29 is 8.78 Å². The SMILES string of the molecule is CSCCNC(C)c1cccc(F)c1F. The Morgan fingerprint density at radius 2 is 2.13 bits per heavy atom. The van der Waals surface area contributed by atoms with Crippen LogP contribution in [0, 0.1) is 11.6 Å². The van der Waals surface area contributed by atoms with Crippen molar-refractivity contribution in [1.82, 2.24) is 5.32 Å². The molecule has 0 aromatic heterocycles. The Kier molecular flexibility index (Phi) is 5.05. The van der Waals surface area contributed by atoms with Crippen LogP contribution in [0.4, 0.5) is 8.78 Å². The third-order valence-electron chi connectivity index (χ3n) is 2.20. The van der Waals surface area contributed by atoms with Crippen molar-refractivity contribution >= 4 is 11.8 Å². The van der Waals surface area contributed by atoms with Gasteiger partial charge in [-0.25, -0.2) is 8.78 Å². The average Bonchev–Trinajstić information content (AvgIpc) is 2.22. The van der Waals surface area contributed by atoms with E-state index in [0.29, 0.717) is 5.56 Å². The molecule has 4 heteroatoms. The summed E-state index contributed by atoms with van der Waals surface area (Å²) in [6.07, 6.45) is 2.01. The van der Waals surface area contributed by atoms with E-state index in [1.165, 1.54) is 6.07 Å². The van der Waals surface area contributed by atoms with Crippen LogP contribution in [-0.4, -0.2) is 18.6 Å². The molecule has 1 rings (SSSR count). The minimum atomic E-state index is -0.786. The highest BCUT2D eigenvalue weighted by atomic mass is 32.2. The maximum atomic E-state index is 13.3. The minimum absolute atomic E-state index is 0.159. The fourth-order valence-electron chi connectivity index (χ4n) is 1.34. The van der Waals surface area contributed by atoms with Crippen molar-refractivity contribution in [3.8, 4) is 0 Å². The van der Waals surface area contributed by atoms with E-state index in [1.54, 1.807) is 17.8 Å². The molecule has 0 saturated carbocycles. The molecule has 1 aromatic carbocycles. The number of benzene rings is 1. The molecule has 0 fully saturated rings. The third kappa shape index (κ3) is 3.47. The van der Waals surface area contributed by atoms with Crippen LogP contribution in [0.15, 0.2) is 18.2 Å². The van der Waals surface area contributed by atoms with Crippen LogP contribution in [-0.2, 0) is 0 Å². The molecule has 0 aliphatic rings. The van der Waals surface area contributed by atoms with Gasteiger partial charge in [0.05, 0.1) is 0 Å². The fourth-order valence-corrected chi connectivity index (χ4v) is 1.66. The first-order valence-electron chi connectivity index (χ1n) is 4.83. The molecule has 0 saturated heterocycles. The first-order chi connectivity index (χ1) is 7.16. The Morgan fingerprint density at radius 1 is 1.40 bits per heavy atom. The largest absolute Gasteiger partial charge is 0.309 e. The summed E-state index contributed by atoms with van der Waals surface area (Å²) in [5.74, 6) is -0.575. The van der Waals surface area contributed by atoms with Crippen molar-refractivity contribution in [3.63, 3.8) is 0 Å². The van der Waals surface area contributed by atoms with E-state index in [9.17, 15) is 8.78 Å². The van der Waals surface area contributed by atoms with Gasteiger partial charge >= 0.3 is 0 Å². The summed E-state index contributed by atoms with van der Waals surface area (Å²) in [5.41, 5.74) is 0.385. The molecule has 1 aromatic rings. The summed E-state index contributed by atoms with van der Waals surface area (Å²) < 4.78 is 26.3. The zero-order chi connectivity index (χ0) is 11.3. The smallest absolute Gasteiger partial charge is 0.163 e. The highest BCUT2D eigenvalue weighted by Crippen LogP contribution is 2.18. The van der Waals surface area contributed by atoms with Crippen molar-refractivity contribution in [2.24, 2.45) is 0 Å². The summed E-state index contributed by atoms with van der Waals surface area (Å²) in [6.45, 7) is 2.62. The molecular formula is C11H15F2NS. The Balaban J connectivity index is 2.65. The monoisotopic (exact) mass is 231 g/mol. The van der Waals surface area contributed by atoms with Gasteiger partial charge in [0.1, 0.15) is 0 Å². The number of halogens is 2. The molecule has 0 radical (unpaired) electrons. The Bertz CT molecular complexity index is 317. The average molecular weight is 231 g/mol. The van der Waals surface area contributed by atoms with Crippen LogP contribution in [0.25, 0.3) is 0 Å². The predicted octanol–water partition coefficient (Wildman–Crippen LogP) is 2.98. The fraction of sp³-hybridized carbons (Fsp3) is 0.455. The van der Waals surface area contributed by atoms with Crippen molar-refractivity contribution in [3.05, 3.63) is 35.4 Å². The number of hydrogen-bond donors (Lipinski definition) is 1. The lowest BCUT2D eigenvalue weighted by Crippen LogP contribution is -2.22. The minimum Gasteiger partial charge on any atom is -0.309 e. The summed E-state index contributed by atoms with van der Waals surface area (Å²) in [5, 5.41) is 3.14. The van der Waals surface area contributed by atoms with Crippen LogP contribution in [0.5, 0.6) is 0 Å². The summed E-state index contributed by atoms with van der Waals surface area (Å²) in [6, 6.07) is 4.11. The Hall–Kier alpha value is -0.610. The van der Waals surface area contributed by atoms with Crippen molar-refractivity contribution in [2.45, 2.75) is 13.0 Å². The zero-order valence-corrected chi connectivity index (χ0v) is 9.70. The summed E-state index contributed by atoms with van der Waals surface area (Å²) in [7, 11) is 0. The van der Waals surface area contributed by atoms with E-state index in [0.717, 1.165) is 18.4 Å². The molecule has 0 aliphatic heterocycles. The summed E-state index contributed by atoms with van der Waals surface area (Å²) >= 11 is 1.72. The van der Waals surface area contributed by atoms with Gasteiger partial charge in [-0.2, -0.15) is 11.8 Å². The number of thioether (sulfide) groups is 1. The van der Waals surface area contributed by atoms with E-state index in [1.807, 2.05) is 13.2 Å². The van der Waals surface area contributed by atoms with E-state index in [-0.39, 0.29) is 6.04 Å². The molecule has 0 spiro atoms. The molecule has 0 bridgehead atoms. The Morgan fingerprint density at radius 3 is 2.80 bits per heavy atom. The lowest BCUT2D eigenvalue weighted by atomic mass is 10.1. The quantitative estimate of drug-likeness (QED) is 0.782. The predicted molar refractivity (Wildman–Crippen MR) is 61.2 cm³/mol. The summed E-state index contributed by atoms with van der Waals surface area (Å²) in [4.78, 5) is 0. The highest BCUT2D eigenvalue weighted by molar-refractivity contribution is 7.98. The van der Waals surface area contributed by atoms with Gasteiger partial charge in [0.2, 0.25) is 0 Å². The van der Waals surface area contributed by atoms with Crippen LogP contribution >= 0.6 is 11.8 Å². The van der Waals surface area contributed by atoms with Crippen molar-refractivity contribution in [2.75, 3.05) is 18.6 Å². The van der Waals surface area contributed by atoms with Gasteiger partial charge in [-0.1, -0.05) is 12.1 Å². The lowest BCUT2D eigenvalue weighted by molar-refractivity contribution is 0.477. The van der Waals surface area contributed by atoms with Gasteiger partial charge in [0, 0.05) is 23.9 Å². The molecular weight excluding hydrogens is 216 g/mol. The Labute approximate surface area is 93.3 Å². The topological polar surface area (TPSA) is 12.0 Å². The second-order valence-corrected chi connectivity index (χ2v) is 4.30. The van der Waals surface area contributed by atoms with Gasteiger partial charge < -0.3 is 5.32 Å². The number of rotatable bonds is 5. The van der Waals surface area contributed by atoms with Gasteiger partial charge in [-0.15, -0.1) is 0 Å². The van der Waals surface area contributed by atoms with Gasteiger partial charge in [0.15, 0.2) is 11.6 Å². The standard InChI is InChI=1S/C11H15F2NS/c1-8(14-6-7-15-2)9-4-3-5-10(12)11(9)13/h3-5,8,14H,6-7H2,1-2H3. The van der Waals surface area contributed by atoms with Crippen LogP contribution < -0.4 is 5.32 Å². The molecule has 0 aliphatic carbocycles. The van der Waals surface area contributed by atoms with Gasteiger partial charge in [0.25, 0.3) is 0 Å². The van der Waals surface area contributed by atoms with E-state index in [4.69, 9.17) is 0 Å². The van der Waals surface area contributed by atoms with Crippen LogP contribution in [0.3, 0.4) is 0 Å². The van der Waals surface area contributed by atoms with Crippen LogP contribution in [0.1, 0.15) is 18.5 Å². The normalized spacial score (nSPS) is 12.8. The molecule has 1 unspecified atom stereocenters. The van der Waals surface area contributed by atoms with E-state index < -0.39 is 11.6 Å². The molecule has 1 nitrogen and oxygen atoms in total. The first kappa shape index (κ1) is 12.5. The molecule has 0 amide bonds. The maximum Gasteiger partial charge on any atom is 0.163 e. The number of nitrogens with one attached hydrogen (secondary N) is 1. The zero-order valence-electron chi connectivity index (χ0n) is 8.89. The molecule has 84 valence electrons. The maximum absolute atomic E-state index is 13.3. The van der Waals surface area contributed by atoms with Crippen LogP contribution in [0.2, 0.25) is 0 Å². The number of hydrogen-bond acceptors (Lipinski definition) is 2. The third-order valence-corrected chi connectivity index (χ3v) is 2.82. The highest BCUT2D eigenvalue weighted by Gasteiger charge is 2.12. The van der Waals surface area contributed by atoms with Gasteiger partial charge in [-0.3, -0.25) is 0 Å². The lowest BCUT2D eigenvalue weighted by Gasteiger charge is -2.14. The van der Waals surface area contributed by atoms with E-state index >= 15 is 0 Å². The van der Waals surface area contributed by atoms with Crippen molar-refractivity contribution in [1.29, 1.82) is 0 Å². The first-order valence-corrected chi connectivity index (χ1v) is 6.22. The second-order valence-electron chi connectivity index (χ2n) is 3.31. The van der Waals surface area contributed by atoms with E-state index in [2.05, 4.69) is 5.32 Å². The second kappa shape index (κ2) is 6.08. The molecule has 1 atom stereocenters. The molecule has 1 N–H and O–H groups in total.